The number of ether oxygens (including phenoxy) is 1. The molecule has 1 saturated carbocycles. The van der Waals surface area contributed by atoms with E-state index in [9.17, 15) is 18.7 Å². The summed E-state index contributed by atoms with van der Waals surface area (Å²) in [7, 11) is 0. The van der Waals surface area contributed by atoms with Crippen LogP contribution in [-0.4, -0.2) is 37.5 Å². The Labute approximate surface area is 165 Å². The predicted molar refractivity (Wildman–Crippen MR) is 99.7 cm³/mol. The van der Waals surface area contributed by atoms with Crippen LogP contribution in [0.3, 0.4) is 0 Å². The maximum atomic E-state index is 13.9. The molecule has 29 heavy (non-hydrogen) atoms. The third kappa shape index (κ3) is 3.77. The fourth-order valence-corrected chi connectivity index (χ4v) is 3.08. The Balaban J connectivity index is 1.64. The summed E-state index contributed by atoms with van der Waals surface area (Å²) in [6.45, 7) is 3.17. The number of amides is 1. The fourth-order valence-electron chi connectivity index (χ4n) is 3.08. The zero-order valence-corrected chi connectivity index (χ0v) is 16.0. The van der Waals surface area contributed by atoms with Crippen molar-refractivity contribution < 1.29 is 23.4 Å². The molecule has 0 atom stereocenters. The van der Waals surface area contributed by atoms with Gasteiger partial charge in [0.15, 0.2) is 0 Å². The number of imidazole rings is 1. The first-order valence-electron chi connectivity index (χ1n) is 9.20. The second kappa shape index (κ2) is 7.07. The summed E-state index contributed by atoms with van der Waals surface area (Å²) in [5.41, 5.74) is 0.498. The standard InChI is InChI=1S/C20H20F2N4O3/c1-11-8-26-16(18(27)23-10-20(28)6-7-20)12(2)25-17(26)19(24-11)29-9-13-14(21)4-3-5-15(13)22/h3-5,8,28H,6-7,9-10H2,1-2H3,(H,23,27). The number of nitrogens with zero attached hydrogens (tertiary/aromatic N) is 3. The van der Waals surface area contributed by atoms with E-state index in [1.54, 1.807) is 20.0 Å². The first kappa shape index (κ1) is 19.3. The third-order valence-corrected chi connectivity index (χ3v) is 4.91. The number of aryl methyl sites for hydroxylation is 2. The van der Waals surface area contributed by atoms with Crippen LogP contribution in [0.4, 0.5) is 8.78 Å². The molecule has 0 unspecified atom stereocenters. The zero-order chi connectivity index (χ0) is 20.8. The number of carbonyl (C=O) groups excluding carboxylic acids is 1. The van der Waals surface area contributed by atoms with E-state index in [1.165, 1.54) is 10.5 Å². The molecule has 3 aromatic rings. The fraction of sp³-hybridized carbons (Fsp3) is 0.350. The molecule has 1 aromatic carbocycles. The highest BCUT2D eigenvalue weighted by Crippen LogP contribution is 2.34. The lowest BCUT2D eigenvalue weighted by atomic mass is 10.2. The molecule has 2 aromatic heterocycles. The van der Waals surface area contributed by atoms with E-state index in [-0.39, 0.29) is 41.8 Å². The lowest BCUT2D eigenvalue weighted by Gasteiger charge is -2.11. The van der Waals surface area contributed by atoms with Gasteiger partial charge < -0.3 is 15.2 Å². The van der Waals surface area contributed by atoms with Crippen LogP contribution in [0.1, 0.15) is 40.3 Å². The molecule has 152 valence electrons. The minimum Gasteiger partial charge on any atom is -0.470 e. The topological polar surface area (TPSA) is 88.8 Å². The van der Waals surface area contributed by atoms with Crippen LogP contribution < -0.4 is 10.1 Å². The number of rotatable bonds is 6. The summed E-state index contributed by atoms with van der Waals surface area (Å²) in [5, 5.41) is 12.7. The number of hydrogen-bond donors (Lipinski definition) is 2. The molecule has 1 amide bonds. The van der Waals surface area contributed by atoms with Crippen molar-refractivity contribution in [1.82, 2.24) is 19.7 Å². The van der Waals surface area contributed by atoms with Gasteiger partial charge in [-0.1, -0.05) is 6.07 Å². The first-order valence-corrected chi connectivity index (χ1v) is 9.20. The van der Waals surface area contributed by atoms with E-state index >= 15 is 0 Å². The van der Waals surface area contributed by atoms with Gasteiger partial charge in [-0.3, -0.25) is 9.20 Å². The zero-order valence-electron chi connectivity index (χ0n) is 16.0. The summed E-state index contributed by atoms with van der Waals surface area (Å²) >= 11 is 0. The number of carbonyl (C=O) groups is 1. The highest BCUT2D eigenvalue weighted by atomic mass is 19.1. The number of nitrogens with one attached hydrogen (secondary N) is 1. The van der Waals surface area contributed by atoms with E-state index in [0.29, 0.717) is 24.2 Å². The second-order valence-corrected chi connectivity index (χ2v) is 7.32. The van der Waals surface area contributed by atoms with Crippen molar-refractivity contribution in [3.05, 3.63) is 58.7 Å². The van der Waals surface area contributed by atoms with E-state index in [1.807, 2.05) is 0 Å². The van der Waals surface area contributed by atoms with Gasteiger partial charge in [0.2, 0.25) is 5.65 Å². The molecular formula is C20H20F2N4O3. The van der Waals surface area contributed by atoms with Crippen molar-refractivity contribution >= 4 is 11.6 Å². The van der Waals surface area contributed by atoms with Crippen LogP contribution >= 0.6 is 0 Å². The van der Waals surface area contributed by atoms with E-state index in [0.717, 1.165) is 12.1 Å². The smallest absolute Gasteiger partial charge is 0.270 e. The molecule has 7 nitrogen and oxygen atoms in total. The van der Waals surface area contributed by atoms with Gasteiger partial charge in [0.1, 0.15) is 23.9 Å². The Morgan fingerprint density at radius 2 is 1.97 bits per heavy atom. The van der Waals surface area contributed by atoms with Gasteiger partial charge in [-0.05, 0) is 38.8 Å². The van der Waals surface area contributed by atoms with E-state index in [4.69, 9.17) is 4.74 Å². The largest absolute Gasteiger partial charge is 0.470 e. The summed E-state index contributed by atoms with van der Waals surface area (Å²) in [6, 6.07) is 3.58. The van der Waals surface area contributed by atoms with E-state index < -0.39 is 17.2 Å². The summed E-state index contributed by atoms with van der Waals surface area (Å²) in [4.78, 5) is 21.3. The maximum absolute atomic E-state index is 13.9. The molecule has 2 heterocycles. The normalized spacial score (nSPS) is 14.8. The van der Waals surface area contributed by atoms with Crippen molar-refractivity contribution in [2.24, 2.45) is 0 Å². The lowest BCUT2D eigenvalue weighted by Crippen LogP contribution is -2.34. The molecule has 9 heteroatoms. The monoisotopic (exact) mass is 402 g/mol. The van der Waals surface area contributed by atoms with Gasteiger partial charge in [-0.2, -0.15) is 0 Å². The number of benzene rings is 1. The number of aliphatic hydroxyl groups is 1. The van der Waals surface area contributed by atoms with Gasteiger partial charge >= 0.3 is 0 Å². The van der Waals surface area contributed by atoms with Crippen molar-refractivity contribution in [2.75, 3.05) is 6.54 Å². The van der Waals surface area contributed by atoms with Gasteiger partial charge in [-0.15, -0.1) is 0 Å². The number of aromatic nitrogens is 3. The third-order valence-electron chi connectivity index (χ3n) is 4.91. The molecule has 1 aliphatic rings. The maximum Gasteiger partial charge on any atom is 0.270 e. The number of halogens is 2. The van der Waals surface area contributed by atoms with Gasteiger partial charge in [0.25, 0.3) is 11.8 Å². The van der Waals surface area contributed by atoms with Gasteiger partial charge in [0, 0.05) is 12.7 Å². The van der Waals surface area contributed by atoms with Crippen LogP contribution in [-0.2, 0) is 6.61 Å². The molecular weight excluding hydrogens is 382 g/mol. The molecule has 4 rings (SSSR count). The van der Waals surface area contributed by atoms with E-state index in [2.05, 4.69) is 15.3 Å². The highest BCUT2D eigenvalue weighted by molar-refractivity contribution is 5.95. The summed E-state index contributed by atoms with van der Waals surface area (Å²) in [5.74, 6) is -1.75. The Morgan fingerprint density at radius 1 is 1.28 bits per heavy atom. The Bertz CT molecular complexity index is 1090. The molecule has 0 saturated heterocycles. The Morgan fingerprint density at radius 3 is 2.62 bits per heavy atom. The van der Waals surface area contributed by atoms with Crippen molar-refractivity contribution in [1.29, 1.82) is 0 Å². The molecule has 1 fully saturated rings. The molecule has 2 N–H and O–H groups in total. The second-order valence-electron chi connectivity index (χ2n) is 7.32. The summed E-state index contributed by atoms with van der Waals surface area (Å²) in [6.07, 6.45) is 2.95. The average Bonchev–Trinajstić information content (AvgIpc) is 3.30. The van der Waals surface area contributed by atoms with Crippen molar-refractivity contribution in [3.8, 4) is 5.88 Å². The SMILES string of the molecule is Cc1cn2c(C(=O)NCC3(O)CC3)c(C)nc2c(OCc2c(F)cccc2F)n1. The molecule has 0 spiro atoms. The van der Waals surface area contributed by atoms with Gasteiger partial charge in [0.05, 0.1) is 22.6 Å². The predicted octanol–water partition coefficient (Wildman–Crippen LogP) is 2.46. The quantitative estimate of drug-likeness (QED) is 0.661. The Hall–Kier alpha value is -3.07. The minimum atomic E-state index is -0.820. The van der Waals surface area contributed by atoms with Crippen LogP contribution in [0.5, 0.6) is 5.88 Å². The van der Waals surface area contributed by atoms with Crippen LogP contribution in [0, 0.1) is 25.5 Å². The van der Waals surface area contributed by atoms with Crippen LogP contribution in [0.15, 0.2) is 24.4 Å². The lowest BCUT2D eigenvalue weighted by molar-refractivity contribution is 0.0889. The minimum absolute atomic E-state index is 0.0654. The van der Waals surface area contributed by atoms with Crippen LogP contribution in [0.25, 0.3) is 5.65 Å². The molecule has 0 bridgehead atoms. The number of fused-ring (bicyclic) bond motifs is 1. The molecule has 0 aliphatic heterocycles. The Kier molecular flexibility index (Phi) is 4.70. The van der Waals surface area contributed by atoms with Gasteiger partial charge in [-0.25, -0.2) is 18.7 Å². The summed E-state index contributed by atoms with van der Waals surface area (Å²) < 4.78 is 34.9. The van der Waals surface area contributed by atoms with Crippen molar-refractivity contribution in [3.63, 3.8) is 0 Å². The first-order chi connectivity index (χ1) is 13.8. The average molecular weight is 402 g/mol. The highest BCUT2D eigenvalue weighted by Gasteiger charge is 2.40. The molecule has 1 aliphatic carbocycles. The molecule has 0 radical (unpaired) electrons. The van der Waals surface area contributed by atoms with Crippen molar-refractivity contribution in [2.45, 2.75) is 38.9 Å². The number of hydrogen-bond acceptors (Lipinski definition) is 5. The van der Waals surface area contributed by atoms with Crippen LogP contribution in [0.2, 0.25) is 0 Å².